The monoisotopic (exact) mass is 387 g/mol. The van der Waals surface area contributed by atoms with E-state index >= 15 is 0 Å². The summed E-state index contributed by atoms with van der Waals surface area (Å²) in [7, 11) is 1.64. The summed E-state index contributed by atoms with van der Waals surface area (Å²) >= 11 is -1.48. The van der Waals surface area contributed by atoms with Crippen molar-refractivity contribution in [1.82, 2.24) is 9.29 Å². The maximum absolute atomic E-state index is 13.8. The highest BCUT2D eigenvalue weighted by molar-refractivity contribution is 7.90. The Kier molecular flexibility index (Phi) is 4.99. The zero-order valence-corrected chi connectivity index (χ0v) is 16.2. The summed E-state index contributed by atoms with van der Waals surface area (Å²) in [6, 6.07) is 10.2. The molecular formula is C20H22FN3O2S. The quantitative estimate of drug-likeness (QED) is 0.699. The molecule has 3 aromatic rings. The van der Waals surface area contributed by atoms with E-state index in [9.17, 15) is 8.94 Å². The average Bonchev–Trinajstić information content (AvgIpc) is 3.03. The lowest BCUT2D eigenvalue weighted by molar-refractivity contribution is 0.412. The van der Waals surface area contributed by atoms with E-state index in [1.807, 2.05) is 25.3 Å². The molecule has 1 aliphatic rings. The van der Waals surface area contributed by atoms with E-state index in [0.717, 1.165) is 48.6 Å². The van der Waals surface area contributed by atoms with E-state index in [1.165, 1.54) is 12.1 Å². The topological polar surface area (TPSA) is 52.5 Å². The molecule has 1 atom stereocenters. The van der Waals surface area contributed by atoms with Crippen molar-refractivity contribution in [1.29, 1.82) is 0 Å². The molecule has 1 N–H and O–H groups in total. The molecule has 5 nitrogen and oxygen atoms in total. The van der Waals surface area contributed by atoms with Crippen molar-refractivity contribution in [3.63, 3.8) is 0 Å². The molecule has 1 saturated heterocycles. The highest BCUT2D eigenvalue weighted by Crippen LogP contribution is 2.33. The number of anilines is 1. The van der Waals surface area contributed by atoms with Gasteiger partial charge in [-0.2, -0.15) is 3.97 Å². The summed E-state index contributed by atoms with van der Waals surface area (Å²) in [6.07, 6.45) is 1.81. The van der Waals surface area contributed by atoms with Crippen LogP contribution in [0.5, 0.6) is 5.75 Å². The minimum absolute atomic E-state index is 0.338. The van der Waals surface area contributed by atoms with Crippen molar-refractivity contribution in [2.24, 2.45) is 0 Å². The Hall–Kier alpha value is -2.22. The number of aromatic nitrogens is 1. The number of nitrogens with zero attached hydrogens (tertiary/aromatic N) is 2. The molecule has 0 spiro atoms. The standard InChI is InChI=1S/C20H22FN3O2S/c1-14-13-24(18-11-15(21)3-5-17(14)18)27(25)16-4-6-20(26-2)19(12-16)23-9-7-22-8-10-23/h3-6,11-13,22H,7-10H2,1-2H3. The maximum Gasteiger partial charge on any atom is 0.182 e. The molecular weight excluding hydrogens is 365 g/mol. The van der Waals surface area contributed by atoms with Gasteiger partial charge in [0.1, 0.15) is 28.4 Å². The van der Waals surface area contributed by atoms with Gasteiger partial charge in [0.2, 0.25) is 0 Å². The first-order valence-corrected chi connectivity index (χ1v) is 10.0. The van der Waals surface area contributed by atoms with E-state index in [-0.39, 0.29) is 5.82 Å². The Labute approximate surface area is 161 Å². The minimum atomic E-state index is -1.48. The second kappa shape index (κ2) is 7.42. The lowest BCUT2D eigenvalue weighted by Crippen LogP contribution is -2.43. The fraction of sp³-hybridized carbons (Fsp3) is 0.300. The molecule has 1 unspecified atom stereocenters. The average molecular weight is 387 g/mol. The number of piperazine rings is 1. The third kappa shape index (κ3) is 3.38. The van der Waals surface area contributed by atoms with Crippen molar-refractivity contribution in [2.45, 2.75) is 11.8 Å². The molecule has 1 aromatic heterocycles. The van der Waals surface area contributed by atoms with E-state index < -0.39 is 11.4 Å². The fourth-order valence-corrected chi connectivity index (χ4v) is 4.73. The van der Waals surface area contributed by atoms with E-state index in [4.69, 9.17) is 4.74 Å². The Bertz CT molecular complexity index is 969. The molecule has 0 aliphatic carbocycles. The van der Waals surface area contributed by atoms with Crippen molar-refractivity contribution >= 4 is 28.0 Å². The number of methoxy groups -OCH3 is 1. The Morgan fingerprint density at radius 1 is 1.15 bits per heavy atom. The van der Waals surface area contributed by atoms with Gasteiger partial charge >= 0.3 is 0 Å². The number of nitrogens with one attached hydrogen (secondary N) is 1. The van der Waals surface area contributed by atoms with Gasteiger partial charge in [0.15, 0.2) is 4.90 Å². The number of hydrogen-bond acceptors (Lipinski definition) is 4. The van der Waals surface area contributed by atoms with Gasteiger partial charge in [-0.1, -0.05) is 0 Å². The van der Waals surface area contributed by atoms with Gasteiger partial charge in [-0.3, -0.25) is 0 Å². The molecule has 0 radical (unpaired) electrons. The summed E-state index contributed by atoms with van der Waals surface area (Å²) < 4.78 is 34.2. The first kappa shape index (κ1) is 18.2. The number of fused-ring (bicyclic) bond motifs is 1. The van der Waals surface area contributed by atoms with Crippen LogP contribution in [0, 0.1) is 12.7 Å². The molecule has 7 heteroatoms. The summed E-state index contributed by atoms with van der Waals surface area (Å²) in [4.78, 5) is 2.89. The van der Waals surface area contributed by atoms with Crippen molar-refractivity contribution in [2.75, 3.05) is 38.2 Å². The highest BCUT2D eigenvalue weighted by atomic mass is 32.2. The highest BCUT2D eigenvalue weighted by Gasteiger charge is 2.23. The van der Waals surface area contributed by atoms with Gasteiger partial charge < -0.3 is 19.5 Å². The Balaban J connectivity index is 1.76. The largest absolute Gasteiger partial charge is 0.587 e. The normalized spacial score (nSPS) is 15.9. The van der Waals surface area contributed by atoms with Crippen LogP contribution in [-0.2, 0) is 11.4 Å². The van der Waals surface area contributed by atoms with Crippen LogP contribution in [0.3, 0.4) is 0 Å². The second-order valence-corrected chi connectivity index (χ2v) is 7.98. The number of aryl methyl sites for hydroxylation is 1. The summed E-state index contributed by atoms with van der Waals surface area (Å²) in [5.74, 6) is 0.423. The van der Waals surface area contributed by atoms with Crippen LogP contribution in [0.25, 0.3) is 10.9 Å². The molecule has 142 valence electrons. The molecule has 2 heterocycles. The van der Waals surface area contributed by atoms with Crippen LogP contribution in [0.15, 0.2) is 47.5 Å². The van der Waals surface area contributed by atoms with Crippen LogP contribution in [0.2, 0.25) is 0 Å². The first-order valence-electron chi connectivity index (χ1n) is 8.91. The van der Waals surface area contributed by atoms with Crippen molar-refractivity contribution < 1.29 is 13.7 Å². The Morgan fingerprint density at radius 3 is 2.67 bits per heavy atom. The van der Waals surface area contributed by atoms with E-state index in [2.05, 4.69) is 10.2 Å². The predicted molar refractivity (Wildman–Crippen MR) is 107 cm³/mol. The minimum Gasteiger partial charge on any atom is -0.587 e. The molecule has 1 aliphatic heterocycles. The molecule has 27 heavy (non-hydrogen) atoms. The van der Waals surface area contributed by atoms with Gasteiger partial charge in [0, 0.05) is 43.7 Å². The fourth-order valence-electron chi connectivity index (χ4n) is 3.52. The summed E-state index contributed by atoms with van der Waals surface area (Å²) in [6.45, 7) is 5.47. The van der Waals surface area contributed by atoms with Gasteiger partial charge in [-0.05, 0) is 36.8 Å². The zero-order valence-electron chi connectivity index (χ0n) is 15.4. The van der Waals surface area contributed by atoms with Crippen molar-refractivity contribution in [3.05, 3.63) is 54.0 Å². The number of benzene rings is 2. The predicted octanol–water partition coefficient (Wildman–Crippen LogP) is 3.08. The van der Waals surface area contributed by atoms with Gasteiger partial charge in [-0.25, -0.2) is 4.39 Å². The third-order valence-corrected chi connectivity index (χ3v) is 6.24. The number of rotatable bonds is 4. The summed E-state index contributed by atoms with van der Waals surface area (Å²) in [5.41, 5.74) is 2.53. The van der Waals surface area contributed by atoms with Gasteiger partial charge in [-0.15, -0.1) is 0 Å². The third-order valence-electron chi connectivity index (χ3n) is 4.92. The van der Waals surface area contributed by atoms with Crippen molar-refractivity contribution in [3.8, 4) is 5.75 Å². The number of hydrogen-bond donors (Lipinski definition) is 1. The maximum atomic E-state index is 13.8. The first-order chi connectivity index (χ1) is 13.1. The number of ether oxygens (including phenoxy) is 1. The molecule has 4 rings (SSSR count). The lowest BCUT2D eigenvalue weighted by atomic mass is 10.2. The second-order valence-electron chi connectivity index (χ2n) is 6.62. The van der Waals surface area contributed by atoms with Crippen LogP contribution < -0.4 is 15.0 Å². The number of halogens is 1. The molecule has 0 saturated carbocycles. The molecule has 0 amide bonds. The van der Waals surface area contributed by atoms with Crippen LogP contribution in [0.4, 0.5) is 10.1 Å². The molecule has 2 aromatic carbocycles. The van der Waals surface area contributed by atoms with Gasteiger partial charge in [0.05, 0.1) is 19.0 Å². The van der Waals surface area contributed by atoms with Gasteiger partial charge in [0.25, 0.3) is 0 Å². The van der Waals surface area contributed by atoms with Crippen LogP contribution in [0.1, 0.15) is 5.56 Å². The van der Waals surface area contributed by atoms with Crippen LogP contribution >= 0.6 is 0 Å². The molecule has 1 fully saturated rings. The molecule has 0 bridgehead atoms. The Morgan fingerprint density at radius 2 is 1.93 bits per heavy atom. The smallest absolute Gasteiger partial charge is 0.182 e. The SMILES string of the molecule is COc1ccc([S+]([O-])n2cc(C)c3ccc(F)cc32)cc1N1CCNCC1. The van der Waals surface area contributed by atoms with E-state index in [1.54, 1.807) is 23.2 Å². The van der Waals surface area contributed by atoms with E-state index in [0.29, 0.717) is 10.4 Å². The lowest BCUT2D eigenvalue weighted by Gasteiger charge is -2.30. The summed E-state index contributed by atoms with van der Waals surface area (Å²) in [5, 5.41) is 4.23. The van der Waals surface area contributed by atoms with Crippen LogP contribution in [-0.4, -0.2) is 41.8 Å². The zero-order chi connectivity index (χ0) is 19.0.